The molecule has 2 aromatic rings. The maximum atomic E-state index is 13.6. The first-order chi connectivity index (χ1) is 19.2. The van der Waals surface area contributed by atoms with Crippen molar-refractivity contribution < 1.29 is 19.0 Å². The molecular formula is C33H47N3O4. The molecule has 3 heterocycles. The van der Waals surface area contributed by atoms with Crippen LogP contribution >= 0.6 is 0 Å². The lowest BCUT2D eigenvalue weighted by atomic mass is 9.86. The number of ether oxygens (including phenoxy) is 3. The van der Waals surface area contributed by atoms with Crippen LogP contribution in [-0.2, 0) is 32.5 Å². The third-order valence-electron chi connectivity index (χ3n) is 8.43. The normalized spacial score (nSPS) is 19.2. The van der Waals surface area contributed by atoms with E-state index >= 15 is 0 Å². The standard InChI is InChI=1S/C33H47N3O4/c1-32(2,3)40-31(37)29(26-13-9-14-27(38-5)28(26)33(4)17-18-33)36-21-25(22-36)39-20-8-6-7-12-24-16-15-23-11-10-19-34-30(23)35-24/h9,13-16,25,29H,6-8,10-12,17-22H2,1-5H3,(H,34,35). The number of nitrogens with zero attached hydrogens (tertiary/aromatic N) is 2. The summed E-state index contributed by atoms with van der Waals surface area (Å²) in [5.41, 5.74) is 4.18. The van der Waals surface area contributed by atoms with Crippen LogP contribution in [0.5, 0.6) is 5.75 Å². The van der Waals surface area contributed by atoms with Crippen LogP contribution in [0.25, 0.3) is 0 Å². The largest absolute Gasteiger partial charge is 0.496 e. The Hall–Kier alpha value is -2.64. The van der Waals surface area contributed by atoms with Gasteiger partial charge in [0.25, 0.3) is 0 Å². The number of carbonyl (C=O) groups is 1. The maximum Gasteiger partial charge on any atom is 0.328 e. The number of esters is 1. The Morgan fingerprint density at radius 2 is 1.95 bits per heavy atom. The van der Waals surface area contributed by atoms with E-state index in [0.717, 1.165) is 93.9 Å². The molecule has 218 valence electrons. The van der Waals surface area contributed by atoms with E-state index in [1.165, 1.54) is 17.7 Å². The molecule has 1 saturated carbocycles. The number of hydrogen-bond acceptors (Lipinski definition) is 7. The molecule has 40 heavy (non-hydrogen) atoms. The molecule has 7 nitrogen and oxygen atoms in total. The Morgan fingerprint density at radius 3 is 2.67 bits per heavy atom. The Balaban J connectivity index is 1.13. The van der Waals surface area contributed by atoms with Gasteiger partial charge in [-0.3, -0.25) is 4.90 Å². The lowest BCUT2D eigenvalue weighted by molar-refractivity contribution is -0.168. The second kappa shape index (κ2) is 12.1. The molecule has 1 aliphatic carbocycles. The van der Waals surface area contributed by atoms with E-state index in [0.29, 0.717) is 0 Å². The molecule has 2 fully saturated rings. The first-order valence-corrected chi connectivity index (χ1v) is 15.2. The van der Waals surface area contributed by atoms with Gasteiger partial charge in [-0.2, -0.15) is 0 Å². The smallest absolute Gasteiger partial charge is 0.328 e. The van der Waals surface area contributed by atoms with Crippen molar-refractivity contribution in [2.24, 2.45) is 0 Å². The van der Waals surface area contributed by atoms with Crippen LogP contribution in [0.4, 0.5) is 5.82 Å². The number of benzene rings is 1. The number of pyridine rings is 1. The zero-order chi connectivity index (χ0) is 28.3. The number of anilines is 1. The minimum Gasteiger partial charge on any atom is -0.496 e. The van der Waals surface area contributed by atoms with Crippen molar-refractivity contribution in [3.05, 3.63) is 52.7 Å². The minimum absolute atomic E-state index is 0.0497. The second-order valence-corrected chi connectivity index (χ2v) is 13.0. The fourth-order valence-electron chi connectivity index (χ4n) is 5.99. The van der Waals surface area contributed by atoms with Crippen molar-refractivity contribution in [2.45, 2.75) is 102 Å². The zero-order valence-corrected chi connectivity index (χ0v) is 25.1. The third-order valence-corrected chi connectivity index (χ3v) is 8.43. The van der Waals surface area contributed by atoms with E-state index in [-0.39, 0.29) is 17.5 Å². The summed E-state index contributed by atoms with van der Waals surface area (Å²) in [4.78, 5) is 20.6. The van der Waals surface area contributed by atoms with Crippen LogP contribution in [0, 0.1) is 0 Å². The van der Waals surface area contributed by atoms with E-state index in [1.807, 2.05) is 32.9 Å². The molecular weight excluding hydrogens is 502 g/mol. The van der Waals surface area contributed by atoms with Gasteiger partial charge in [0, 0.05) is 37.5 Å². The van der Waals surface area contributed by atoms with Gasteiger partial charge >= 0.3 is 5.97 Å². The van der Waals surface area contributed by atoms with Gasteiger partial charge < -0.3 is 19.5 Å². The van der Waals surface area contributed by atoms with Crippen molar-refractivity contribution in [1.82, 2.24) is 9.88 Å². The lowest BCUT2D eigenvalue weighted by Crippen LogP contribution is -2.56. The topological polar surface area (TPSA) is 72.9 Å². The number of aryl methyl sites for hydroxylation is 2. The highest BCUT2D eigenvalue weighted by molar-refractivity contribution is 5.79. The molecule has 1 unspecified atom stereocenters. The maximum absolute atomic E-state index is 13.6. The summed E-state index contributed by atoms with van der Waals surface area (Å²) in [5.74, 6) is 1.75. The first-order valence-electron chi connectivity index (χ1n) is 15.2. The quantitative estimate of drug-likeness (QED) is 0.257. The van der Waals surface area contributed by atoms with E-state index in [2.05, 4.69) is 35.3 Å². The number of aromatic nitrogens is 1. The molecule has 1 atom stereocenters. The summed E-state index contributed by atoms with van der Waals surface area (Å²) in [5, 5.41) is 3.43. The van der Waals surface area contributed by atoms with Crippen LogP contribution in [0.1, 0.15) is 94.6 Å². The van der Waals surface area contributed by atoms with Crippen LogP contribution in [-0.4, -0.2) is 60.9 Å². The molecule has 1 saturated heterocycles. The summed E-state index contributed by atoms with van der Waals surface area (Å²) in [7, 11) is 1.71. The van der Waals surface area contributed by atoms with E-state index < -0.39 is 11.6 Å². The van der Waals surface area contributed by atoms with Crippen LogP contribution in [0.15, 0.2) is 30.3 Å². The van der Waals surface area contributed by atoms with Crippen molar-refractivity contribution >= 4 is 11.8 Å². The predicted molar refractivity (Wildman–Crippen MR) is 158 cm³/mol. The van der Waals surface area contributed by atoms with Gasteiger partial charge in [0.1, 0.15) is 23.2 Å². The number of carbonyl (C=O) groups excluding carboxylic acids is 1. The van der Waals surface area contributed by atoms with Gasteiger partial charge in [-0.05, 0) is 94.4 Å². The van der Waals surface area contributed by atoms with Gasteiger partial charge in [0.2, 0.25) is 0 Å². The second-order valence-electron chi connectivity index (χ2n) is 13.0. The number of likely N-dealkylation sites (tertiary alicyclic amines) is 1. The predicted octanol–water partition coefficient (Wildman–Crippen LogP) is 6.00. The fraction of sp³-hybridized carbons (Fsp3) is 0.636. The first kappa shape index (κ1) is 28.9. The summed E-state index contributed by atoms with van der Waals surface area (Å²) in [6.07, 6.45) is 8.95. The molecule has 0 amide bonds. The van der Waals surface area contributed by atoms with E-state index in [1.54, 1.807) is 7.11 Å². The number of rotatable bonds is 12. The molecule has 7 heteroatoms. The Labute approximate surface area is 240 Å². The summed E-state index contributed by atoms with van der Waals surface area (Å²) < 4.78 is 17.9. The van der Waals surface area contributed by atoms with Crippen molar-refractivity contribution in [2.75, 3.05) is 38.7 Å². The van der Waals surface area contributed by atoms with Crippen molar-refractivity contribution in [3.63, 3.8) is 0 Å². The molecule has 3 aliphatic rings. The molecule has 1 aromatic heterocycles. The molecule has 0 spiro atoms. The Bertz CT molecular complexity index is 1180. The van der Waals surface area contributed by atoms with Crippen LogP contribution in [0.3, 0.4) is 0 Å². The van der Waals surface area contributed by atoms with Gasteiger partial charge in [0.05, 0.1) is 13.2 Å². The molecule has 1 aromatic carbocycles. The van der Waals surface area contributed by atoms with Gasteiger partial charge in [-0.1, -0.05) is 31.5 Å². The van der Waals surface area contributed by atoms with Crippen LogP contribution in [0.2, 0.25) is 0 Å². The average Bonchev–Trinajstić information content (AvgIpc) is 3.65. The number of unbranched alkanes of at least 4 members (excludes halogenated alkanes) is 2. The Kier molecular flexibility index (Phi) is 8.72. The molecule has 0 radical (unpaired) electrons. The van der Waals surface area contributed by atoms with Gasteiger partial charge in [0.15, 0.2) is 0 Å². The highest BCUT2D eigenvalue weighted by atomic mass is 16.6. The van der Waals surface area contributed by atoms with E-state index in [9.17, 15) is 4.79 Å². The SMILES string of the molecule is COc1cccc(C(C(=O)OC(C)(C)C)N2CC(OCCCCCc3ccc4c(n3)NCCC4)C2)c1C1(C)CC1. The number of methoxy groups -OCH3 is 1. The molecule has 2 aliphatic heterocycles. The van der Waals surface area contributed by atoms with Crippen LogP contribution < -0.4 is 10.1 Å². The zero-order valence-electron chi connectivity index (χ0n) is 25.1. The number of fused-ring (bicyclic) bond motifs is 1. The number of hydrogen-bond donors (Lipinski definition) is 1. The molecule has 1 N–H and O–H groups in total. The molecule has 5 rings (SSSR count). The molecule has 0 bridgehead atoms. The number of nitrogens with one attached hydrogen (secondary N) is 1. The average molecular weight is 550 g/mol. The van der Waals surface area contributed by atoms with Gasteiger partial charge in [-0.15, -0.1) is 0 Å². The monoisotopic (exact) mass is 549 g/mol. The van der Waals surface area contributed by atoms with Crippen molar-refractivity contribution in [3.8, 4) is 5.75 Å². The van der Waals surface area contributed by atoms with Crippen molar-refractivity contribution in [1.29, 1.82) is 0 Å². The Morgan fingerprint density at radius 1 is 1.15 bits per heavy atom. The lowest BCUT2D eigenvalue weighted by Gasteiger charge is -2.44. The summed E-state index contributed by atoms with van der Waals surface area (Å²) >= 11 is 0. The fourth-order valence-corrected chi connectivity index (χ4v) is 5.99. The highest BCUT2D eigenvalue weighted by Gasteiger charge is 2.47. The summed E-state index contributed by atoms with van der Waals surface area (Å²) in [6.45, 7) is 11.3. The highest BCUT2D eigenvalue weighted by Crippen LogP contribution is 2.54. The van der Waals surface area contributed by atoms with Gasteiger partial charge in [-0.25, -0.2) is 9.78 Å². The van der Waals surface area contributed by atoms with E-state index in [4.69, 9.17) is 19.2 Å². The summed E-state index contributed by atoms with van der Waals surface area (Å²) in [6, 6.07) is 10.0. The minimum atomic E-state index is -0.552. The third kappa shape index (κ3) is 6.80.